The lowest BCUT2D eigenvalue weighted by Crippen LogP contribution is -2.46. The van der Waals surface area contributed by atoms with Crippen LogP contribution in [0.4, 0.5) is 0 Å². The van der Waals surface area contributed by atoms with Gasteiger partial charge in [-0.2, -0.15) is 0 Å². The lowest BCUT2D eigenvalue weighted by molar-refractivity contribution is -0.123. The van der Waals surface area contributed by atoms with Crippen molar-refractivity contribution in [2.24, 2.45) is 5.73 Å². The van der Waals surface area contributed by atoms with Gasteiger partial charge in [0.25, 0.3) is 0 Å². The van der Waals surface area contributed by atoms with E-state index in [1.54, 1.807) is 0 Å². The number of hydrogen-bond acceptors (Lipinski definition) is 6. The highest BCUT2D eigenvalue weighted by Gasteiger charge is 2.27. The summed E-state index contributed by atoms with van der Waals surface area (Å²) >= 11 is 0. The first-order valence-corrected chi connectivity index (χ1v) is 23.1. The number of carbonyl (C=O) groups excluding carboxylic acids is 1. The minimum absolute atomic E-state index is 0.0851. The fourth-order valence-electron chi connectivity index (χ4n) is 6.27. The van der Waals surface area contributed by atoms with E-state index in [1.165, 1.54) is 96.3 Å². The standard InChI is InChI=1S/C43H83N2O6P/c1-3-5-7-9-11-13-15-17-19-20-21-23-24-26-28-30-32-34-36-42(46)41(40-51-52(48,49)50-39-38-44)45-43(47)37-35-33-31-29-27-25-22-18-16-14-12-10-8-6-4-2/h6,8,12,14,18,22,41-42,46H,3-5,7,9-11,13,15-17,19-21,23-40,44H2,1-2H3,(H,45,47)(H,48,49)/b8-6-,14-12-,22-18-. The zero-order valence-electron chi connectivity index (χ0n) is 33.8. The molecule has 0 saturated carbocycles. The molecular weight excluding hydrogens is 671 g/mol. The van der Waals surface area contributed by atoms with Gasteiger partial charge in [0, 0.05) is 13.0 Å². The van der Waals surface area contributed by atoms with E-state index < -0.39 is 20.0 Å². The van der Waals surface area contributed by atoms with Gasteiger partial charge < -0.3 is 21.1 Å². The molecule has 0 aliphatic rings. The highest BCUT2D eigenvalue weighted by molar-refractivity contribution is 7.47. The lowest BCUT2D eigenvalue weighted by Gasteiger charge is -2.25. The molecule has 52 heavy (non-hydrogen) atoms. The Hall–Kier alpha value is -1.28. The van der Waals surface area contributed by atoms with E-state index >= 15 is 0 Å². The molecule has 0 rings (SSSR count). The van der Waals surface area contributed by atoms with Gasteiger partial charge in [0.05, 0.1) is 25.4 Å². The van der Waals surface area contributed by atoms with Gasteiger partial charge in [-0.1, -0.05) is 185 Å². The molecule has 0 fully saturated rings. The molecular formula is C43H83N2O6P. The van der Waals surface area contributed by atoms with E-state index in [1.807, 2.05) is 0 Å². The number of aliphatic hydroxyl groups excluding tert-OH is 1. The van der Waals surface area contributed by atoms with Crippen LogP contribution in [0.1, 0.15) is 200 Å². The lowest BCUT2D eigenvalue weighted by atomic mass is 10.0. The molecule has 0 radical (unpaired) electrons. The van der Waals surface area contributed by atoms with E-state index in [4.69, 9.17) is 14.8 Å². The maximum Gasteiger partial charge on any atom is 0.472 e. The largest absolute Gasteiger partial charge is 0.472 e. The van der Waals surface area contributed by atoms with Crippen molar-refractivity contribution in [1.82, 2.24) is 5.32 Å². The Morgan fingerprint density at radius 1 is 0.654 bits per heavy atom. The minimum atomic E-state index is -4.32. The molecule has 0 aliphatic heterocycles. The molecule has 3 unspecified atom stereocenters. The molecule has 306 valence electrons. The topological polar surface area (TPSA) is 131 Å². The molecule has 0 saturated heterocycles. The van der Waals surface area contributed by atoms with Crippen molar-refractivity contribution in [1.29, 1.82) is 0 Å². The number of nitrogens with one attached hydrogen (secondary N) is 1. The molecule has 1 amide bonds. The monoisotopic (exact) mass is 755 g/mol. The molecule has 3 atom stereocenters. The molecule has 9 heteroatoms. The first kappa shape index (κ1) is 50.7. The van der Waals surface area contributed by atoms with Gasteiger partial charge in [-0.15, -0.1) is 0 Å². The normalized spacial score (nSPS) is 14.5. The molecule has 0 aromatic carbocycles. The summed E-state index contributed by atoms with van der Waals surface area (Å²) < 4.78 is 22.2. The molecule has 0 heterocycles. The maximum atomic E-state index is 12.8. The maximum absolute atomic E-state index is 12.8. The van der Waals surface area contributed by atoms with Crippen LogP contribution < -0.4 is 11.1 Å². The quantitative estimate of drug-likeness (QED) is 0.0278. The predicted octanol–water partition coefficient (Wildman–Crippen LogP) is 11.9. The molecule has 5 N–H and O–H groups in total. The Kier molecular flexibility index (Phi) is 38.4. The predicted molar refractivity (Wildman–Crippen MR) is 221 cm³/mol. The van der Waals surface area contributed by atoms with Crippen molar-refractivity contribution < 1.29 is 28.4 Å². The van der Waals surface area contributed by atoms with Crippen LogP contribution >= 0.6 is 7.82 Å². The number of aliphatic hydroxyl groups is 1. The zero-order valence-corrected chi connectivity index (χ0v) is 34.7. The summed E-state index contributed by atoms with van der Waals surface area (Å²) in [5.41, 5.74) is 5.38. The van der Waals surface area contributed by atoms with Crippen molar-refractivity contribution in [2.75, 3.05) is 19.8 Å². The molecule has 0 aliphatic carbocycles. The van der Waals surface area contributed by atoms with E-state index in [-0.39, 0.29) is 25.7 Å². The van der Waals surface area contributed by atoms with Crippen molar-refractivity contribution in [3.05, 3.63) is 36.5 Å². The fourth-order valence-corrected chi connectivity index (χ4v) is 7.03. The third-order valence-electron chi connectivity index (χ3n) is 9.51. The number of amides is 1. The SMILES string of the molecule is CC/C=C\C/C=C\C/C=C\CCCCCCCC(=O)NC(COP(=O)(O)OCCN)C(O)CCCCCCCCCCCCCCCCCCCC. The Balaban J connectivity index is 4.18. The molecule has 0 bridgehead atoms. The van der Waals surface area contributed by atoms with Crippen molar-refractivity contribution >= 4 is 13.7 Å². The minimum Gasteiger partial charge on any atom is -0.391 e. The van der Waals surface area contributed by atoms with E-state index in [0.29, 0.717) is 12.8 Å². The summed E-state index contributed by atoms with van der Waals surface area (Å²) in [4.78, 5) is 22.7. The Morgan fingerprint density at radius 3 is 1.63 bits per heavy atom. The van der Waals surface area contributed by atoms with Crippen LogP contribution in [-0.2, 0) is 18.4 Å². The average Bonchev–Trinajstić information content (AvgIpc) is 3.13. The van der Waals surface area contributed by atoms with Crippen LogP contribution in [0, 0.1) is 0 Å². The first-order chi connectivity index (χ1) is 25.4. The van der Waals surface area contributed by atoms with E-state index in [9.17, 15) is 19.4 Å². The van der Waals surface area contributed by atoms with Crippen LogP contribution in [0.25, 0.3) is 0 Å². The average molecular weight is 755 g/mol. The Labute approximate surface area is 320 Å². The molecule has 8 nitrogen and oxygen atoms in total. The first-order valence-electron chi connectivity index (χ1n) is 21.6. The number of nitrogens with two attached hydrogens (primary N) is 1. The number of allylic oxidation sites excluding steroid dienone is 6. The van der Waals surface area contributed by atoms with Gasteiger partial charge in [-0.05, 0) is 44.9 Å². The number of carbonyl (C=O) groups is 1. The molecule has 0 spiro atoms. The van der Waals surface area contributed by atoms with Gasteiger partial charge in [0.1, 0.15) is 0 Å². The second-order valence-corrected chi connectivity index (χ2v) is 16.0. The third-order valence-corrected chi connectivity index (χ3v) is 10.5. The zero-order chi connectivity index (χ0) is 38.2. The fraction of sp³-hybridized carbons (Fsp3) is 0.837. The van der Waals surface area contributed by atoms with Crippen LogP contribution in [-0.4, -0.2) is 47.8 Å². The van der Waals surface area contributed by atoms with Crippen molar-refractivity contribution in [3.8, 4) is 0 Å². The van der Waals surface area contributed by atoms with E-state index in [2.05, 4.69) is 55.6 Å². The number of rotatable bonds is 40. The van der Waals surface area contributed by atoms with Crippen LogP contribution in [0.5, 0.6) is 0 Å². The smallest absolute Gasteiger partial charge is 0.391 e. The van der Waals surface area contributed by atoms with Gasteiger partial charge in [-0.25, -0.2) is 4.57 Å². The second kappa shape index (κ2) is 39.4. The summed E-state index contributed by atoms with van der Waals surface area (Å²) in [6.07, 6.45) is 45.8. The Morgan fingerprint density at radius 2 is 1.12 bits per heavy atom. The van der Waals surface area contributed by atoms with Gasteiger partial charge in [0.2, 0.25) is 5.91 Å². The summed E-state index contributed by atoms with van der Waals surface area (Å²) in [6, 6.07) is -0.783. The number of phosphoric acid groups is 1. The second-order valence-electron chi connectivity index (χ2n) is 14.5. The number of unbranched alkanes of at least 4 members (excludes halogenated alkanes) is 22. The Bertz CT molecular complexity index is 912. The van der Waals surface area contributed by atoms with Gasteiger partial charge in [0.15, 0.2) is 0 Å². The van der Waals surface area contributed by atoms with Crippen LogP contribution in [0.3, 0.4) is 0 Å². The summed E-state index contributed by atoms with van der Waals surface area (Å²) in [6.45, 7) is 4.09. The summed E-state index contributed by atoms with van der Waals surface area (Å²) in [5.74, 6) is -0.178. The van der Waals surface area contributed by atoms with Crippen molar-refractivity contribution in [3.63, 3.8) is 0 Å². The van der Waals surface area contributed by atoms with E-state index in [0.717, 1.165) is 77.0 Å². The highest BCUT2D eigenvalue weighted by Crippen LogP contribution is 2.43. The van der Waals surface area contributed by atoms with Crippen LogP contribution in [0.2, 0.25) is 0 Å². The molecule has 0 aromatic rings. The number of phosphoric ester groups is 1. The number of hydrogen-bond donors (Lipinski definition) is 4. The van der Waals surface area contributed by atoms with Gasteiger partial charge in [-0.3, -0.25) is 13.8 Å². The highest BCUT2D eigenvalue weighted by atomic mass is 31.2. The van der Waals surface area contributed by atoms with Gasteiger partial charge >= 0.3 is 7.82 Å². The summed E-state index contributed by atoms with van der Waals surface area (Å²) in [5, 5.41) is 13.8. The van der Waals surface area contributed by atoms with Crippen LogP contribution in [0.15, 0.2) is 36.5 Å². The third kappa shape index (κ3) is 37.1. The molecule has 0 aromatic heterocycles. The summed E-state index contributed by atoms with van der Waals surface area (Å²) in [7, 11) is -4.32. The van der Waals surface area contributed by atoms with Crippen molar-refractivity contribution in [2.45, 2.75) is 212 Å².